The number of nitrogens with zero attached hydrogens (tertiary/aromatic N) is 2. The molecule has 1 aromatic heterocycles. The van der Waals surface area contributed by atoms with Crippen molar-refractivity contribution >= 4 is 5.69 Å². The van der Waals surface area contributed by atoms with E-state index in [0.717, 1.165) is 6.20 Å². The normalized spacial score (nSPS) is 10.9. The van der Waals surface area contributed by atoms with Crippen LogP contribution in [0, 0.1) is 11.3 Å². The number of anilines is 1. The highest BCUT2D eigenvalue weighted by Crippen LogP contribution is 2.31. The smallest absolute Gasteiger partial charge is 0.402 e. The minimum Gasteiger partial charge on any atom is -0.402 e. The number of nitrogen functional groups attached to an aromatic ring is 1. The van der Waals surface area contributed by atoms with E-state index in [4.69, 9.17) is 16.1 Å². The predicted molar refractivity (Wildman–Crippen MR) is 46.0 cm³/mol. The van der Waals surface area contributed by atoms with Gasteiger partial charge < -0.3 is 15.6 Å². The fourth-order valence-corrected chi connectivity index (χ4v) is 1.01. The molecule has 0 atom stereocenters. The molecule has 0 saturated heterocycles. The van der Waals surface area contributed by atoms with Crippen molar-refractivity contribution in [2.75, 3.05) is 5.73 Å². The van der Waals surface area contributed by atoms with Crippen LogP contribution in [0.2, 0.25) is 0 Å². The summed E-state index contributed by atoms with van der Waals surface area (Å²) in [4.78, 5) is 3.37. The predicted octanol–water partition coefficient (Wildman–Crippen LogP) is 0.926. The van der Waals surface area contributed by atoms with Crippen LogP contribution in [0.5, 0.6) is 5.75 Å². The summed E-state index contributed by atoms with van der Waals surface area (Å²) in [5.74, 6) is -0.863. The molecule has 0 radical (unpaired) electrons. The monoisotopic (exact) mass is 233 g/mol. The van der Waals surface area contributed by atoms with E-state index in [0.29, 0.717) is 0 Å². The number of hydrogen-bond donors (Lipinski definition) is 2. The van der Waals surface area contributed by atoms with Crippen LogP contribution in [0.4, 0.5) is 18.9 Å². The van der Waals surface area contributed by atoms with Crippen LogP contribution in [0.25, 0.3) is 0 Å². The molecule has 0 fully saturated rings. The van der Waals surface area contributed by atoms with E-state index in [1.165, 1.54) is 6.07 Å². The molecule has 0 aromatic carbocycles. The molecule has 1 heterocycles. The molecule has 0 bridgehead atoms. The molecule has 8 heteroatoms. The molecular formula is C8H6F3N3O2. The quantitative estimate of drug-likeness (QED) is 0.792. The molecule has 0 amide bonds. The Morgan fingerprint density at radius 1 is 1.56 bits per heavy atom. The third-order valence-electron chi connectivity index (χ3n) is 1.65. The van der Waals surface area contributed by atoms with Gasteiger partial charge in [0, 0.05) is 5.56 Å². The van der Waals surface area contributed by atoms with Gasteiger partial charge in [-0.25, -0.2) is 4.98 Å². The molecule has 1 aromatic rings. The Hall–Kier alpha value is -2.01. The number of rotatable bonds is 2. The molecule has 16 heavy (non-hydrogen) atoms. The van der Waals surface area contributed by atoms with Crippen LogP contribution in [0.1, 0.15) is 11.3 Å². The Morgan fingerprint density at radius 2 is 2.19 bits per heavy atom. The number of pyridine rings is 1. The van der Waals surface area contributed by atoms with Gasteiger partial charge in [-0.15, -0.1) is 13.2 Å². The van der Waals surface area contributed by atoms with E-state index < -0.39 is 24.4 Å². The third kappa shape index (κ3) is 2.52. The maximum Gasteiger partial charge on any atom is 0.573 e. The van der Waals surface area contributed by atoms with E-state index in [1.807, 2.05) is 0 Å². The van der Waals surface area contributed by atoms with Crippen molar-refractivity contribution in [3.63, 3.8) is 0 Å². The van der Waals surface area contributed by atoms with E-state index in [1.54, 1.807) is 0 Å². The van der Waals surface area contributed by atoms with Crippen molar-refractivity contribution in [2.24, 2.45) is 0 Å². The molecule has 0 aliphatic heterocycles. The largest absolute Gasteiger partial charge is 0.573 e. The van der Waals surface area contributed by atoms with Gasteiger partial charge in [0.2, 0.25) is 0 Å². The number of alkyl halides is 3. The zero-order valence-corrected chi connectivity index (χ0v) is 7.75. The molecular weight excluding hydrogens is 227 g/mol. The van der Waals surface area contributed by atoms with Crippen LogP contribution in [-0.2, 0) is 6.61 Å². The minimum absolute atomic E-state index is 0.180. The van der Waals surface area contributed by atoms with Crippen molar-refractivity contribution < 1.29 is 23.0 Å². The Morgan fingerprint density at radius 3 is 2.62 bits per heavy atom. The van der Waals surface area contributed by atoms with Crippen molar-refractivity contribution in [3.05, 3.63) is 17.5 Å². The van der Waals surface area contributed by atoms with Crippen molar-refractivity contribution in [2.45, 2.75) is 13.0 Å². The number of nitrogens with two attached hydrogens (primary N) is 1. The average molecular weight is 233 g/mol. The van der Waals surface area contributed by atoms with Crippen molar-refractivity contribution in [1.82, 2.24) is 4.98 Å². The van der Waals surface area contributed by atoms with Gasteiger partial charge >= 0.3 is 6.36 Å². The molecule has 86 valence electrons. The SMILES string of the molecule is N#Cc1ncc(N)c(CO)c1OC(F)(F)F. The summed E-state index contributed by atoms with van der Waals surface area (Å²) in [5, 5.41) is 17.4. The van der Waals surface area contributed by atoms with Gasteiger partial charge in [-0.05, 0) is 0 Å². The minimum atomic E-state index is -4.98. The van der Waals surface area contributed by atoms with E-state index in [2.05, 4.69) is 9.72 Å². The second-order valence-electron chi connectivity index (χ2n) is 2.69. The number of aliphatic hydroxyl groups is 1. The number of nitriles is 1. The summed E-state index contributed by atoms with van der Waals surface area (Å²) in [6.45, 7) is -0.783. The number of aliphatic hydroxyl groups excluding tert-OH is 1. The standard InChI is InChI=1S/C8H6F3N3O2/c9-8(10,11)16-7-4(3-15)5(13)2-14-6(7)1-12/h2,15H,3,13H2. The van der Waals surface area contributed by atoms with Gasteiger partial charge in [0.05, 0.1) is 18.5 Å². The van der Waals surface area contributed by atoms with Gasteiger partial charge in [0.15, 0.2) is 11.4 Å². The maximum atomic E-state index is 12.0. The van der Waals surface area contributed by atoms with Crippen LogP contribution < -0.4 is 10.5 Å². The number of aromatic nitrogens is 1. The molecule has 0 unspecified atom stereocenters. The van der Waals surface area contributed by atoms with Gasteiger partial charge in [-0.3, -0.25) is 0 Å². The van der Waals surface area contributed by atoms with Crippen LogP contribution >= 0.6 is 0 Å². The summed E-state index contributed by atoms with van der Waals surface area (Å²) in [6.07, 6.45) is -4.00. The first-order valence-electron chi connectivity index (χ1n) is 3.93. The van der Waals surface area contributed by atoms with Gasteiger partial charge in [0.25, 0.3) is 0 Å². The Kier molecular flexibility index (Phi) is 3.20. The van der Waals surface area contributed by atoms with Crippen LogP contribution in [0.15, 0.2) is 6.20 Å². The highest BCUT2D eigenvalue weighted by molar-refractivity contribution is 5.56. The Balaban J connectivity index is 3.32. The van der Waals surface area contributed by atoms with Crippen LogP contribution in [-0.4, -0.2) is 16.5 Å². The van der Waals surface area contributed by atoms with Gasteiger partial charge in [-0.1, -0.05) is 0 Å². The van der Waals surface area contributed by atoms with E-state index in [-0.39, 0.29) is 11.3 Å². The number of hydrogen-bond acceptors (Lipinski definition) is 5. The lowest BCUT2D eigenvalue weighted by Gasteiger charge is -2.14. The molecule has 3 N–H and O–H groups in total. The summed E-state index contributed by atoms with van der Waals surface area (Å²) >= 11 is 0. The lowest BCUT2D eigenvalue weighted by Crippen LogP contribution is -2.20. The lowest BCUT2D eigenvalue weighted by molar-refractivity contribution is -0.275. The zero-order chi connectivity index (χ0) is 12.3. The highest BCUT2D eigenvalue weighted by Gasteiger charge is 2.34. The van der Waals surface area contributed by atoms with E-state index >= 15 is 0 Å². The summed E-state index contributed by atoms with van der Waals surface area (Å²) in [6, 6.07) is 1.42. The Labute approximate surface area is 87.9 Å². The average Bonchev–Trinajstić information content (AvgIpc) is 2.16. The third-order valence-corrected chi connectivity index (χ3v) is 1.65. The fraction of sp³-hybridized carbons (Fsp3) is 0.250. The highest BCUT2D eigenvalue weighted by atomic mass is 19.4. The second kappa shape index (κ2) is 4.24. The van der Waals surface area contributed by atoms with E-state index in [9.17, 15) is 13.2 Å². The second-order valence-corrected chi connectivity index (χ2v) is 2.69. The first-order valence-corrected chi connectivity index (χ1v) is 3.93. The lowest BCUT2D eigenvalue weighted by atomic mass is 10.2. The van der Waals surface area contributed by atoms with Gasteiger partial charge in [-0.2, -0.15) is 5.26 Å². The first kappa shape index (κ1) is 12.1. The zero-order valence-electron chi connectivity index (χ0n) is 7.75. The Bertz CT molecular complexity index is 439. The molecule has 0 saturated carbocycles. The van der Waals surface area contributed by atoms with Crippen molar-refractivity contribution in [3.8, 4) is 11.8 Å². The number of ether oxygens (including phenoxy) is 1. The summed E-state index contributed by atoms with van der Waals surface area (Å²) in [5.41, 5.74) is 4.21. The molecule has 0 spiro atoms. The topological polar surface area (TPSA) is 92.2 Å². The maximum absolute atomic E-state index is 12.0. The molecule has 1 rings (SSSR count). The summed E-state index contributed by atoms with van der Waals surface area (Å²) < 4.78 is 39.7. The van der Waals surface area contributed by atoms with Crippen molar-refractivity contribution in [1.29, 1.82) is 5.26 Å². The molecule has 0 aliphatic carbocycles. The summed E-state index contributed by atoms with van der Waals surface area (Å²) in [7, 11) is 0. The fourth-order valence-electron chi connectivity index (χ4n) is 1.01. The van der Waals surface area contributed by atoms with Gasteiger partial charge in [0.1, 0.15) is 6.07 Å². The molecule has 0 aliphatic rings. The number of halogens is 3. The van der Waals surface area contributed by atoms with Crippen LogP contribution in [0.3, 0.4) is 0 Å². The first-order chi connectivity index (χ1) is 7.39. The molecule has 5 nitrogen and oxygen atoms in total.